The summed E-state index contributed by atoms with van der Waals surface area (Å²) in [6, 6.07) is 4.26. The van der Waals surface area contributed by atoms with Crippen molar-refractivity contribution in [2.75, 3.05) is 13.6 Å². The number of aromatic carboxylic acids is 1. The minimum absolute atomic E-state index is 0.0808. The second kappa shape index (κ2) is 5.28. The fraction of sp³-hybridized carbons (Fsp3) is 0.385. The van der Waals surface area contributed by atoms with Crippen molar-refractivity contribution in [2.45, 2.75) is 19.9 Å². The Balaban J connectivity index is 2.49. The Kier molecular flexibility index (Phi) is 3.69. The molecule has 7 nitrogen and oxygen atoms in total. The molecule has 1 aromatic carbocycles. The molecule has 7 heteroatoms. The molecule has 1 aromatic heterocycles. The molecule has 1 amide bonds. The molecule has 20 heavy (non-hydrogen) atoms. The first-order valence-electron chi connectivity index (χ1n) is 6.29. The third-order valence-corrected chi connectivity index (χ3v) is 3.31. The number of likely N-dealkylation sites (N-methyl/N-ethyl adjacent to an activating group) is 1. The molecule has 0 fully saturated rings. The van der Waals surface area contributed by atoms with Crippen LogP contribution in [0, 0.1) is 0 Å². The molecule has 0 aliphatic rings. The van der Waals surface area contributed by atoms with Crippen LogP contribution in [0.15, 0.2) is 18.2 Å². The van der Waals surface area contributed by atoms with E-state index >= 15 is 0 Å². The zero-order chi connectivity index (χ0) is 14.9. The highest BCUT2D eigenvalue weighted by Crippen LogP contribution is 2.20. The van der Waals surface area contributed by atoms with Gasteiger partial charge in [-0.05, 0) is 26.0 Å². The summed E-state index contributed by atoms with van der Waals surface area (Å²) in [5, 5.41) is 16.9. The summed E-state index contributed by atoms with van der Waals surface area (Å²) in [5.41, 5.74) is 0.909. The predicted octanol–water partition coefficient (Wildman–Crippen LogP) is 1.17. The maximum atomic E-state index is 12.2. The molecule has 0 aliphatic heterocycles. The van der Waals surface area contributed by atoms with Gasteiger partial charge in [-0.3, -0.25) is 4.79 Å². The van der Waals surface area contributed by atoms with Crippen molar-refractivity contribution in [2.24, 2.45) is 0 Å². The van der Waals surface area contributed by atoms with Crippen molar-refractivity contribution in [1.82, 2.24) is 19.9 Å². The fourth-order valence-corrected chi connectivity index (χ4v) is 2.00. The van der Waals surface area contributed by atoms with Crippen LogP contribution in [0.4, 0.5) is 0 Å². The molecule has 0 bridgehead atoms. The van der Waals surface area contributed by atoms with Crippen molar-refractivity contribution in [3.63, 3.8) is 0 Å². The number of aromatic nitrogens is 3. The van der Waals surface area contributed by atoms with E-state index in [4.69, 9.17) is 5.11 Å². The average Bonchev–Trinajstić information content (AvgIpc) is 2.88. The van der Waals surface area contributed by atoms with Gasteiger partial charge < -0.3 is 10.0 Å². The summed E-state index contributed by atoms with van der Waals surface area (Å²) in [6.07, 6.45) is 0. The van der Waals surface area contributed by atoms with Crippen LogP contribution in [0.1, 0.15) is 30.2 Å². The van der Waals surface area contributed by atoms with E-state index in [0.717, 1.165) is 0 Å². The van der Waals surface area contributed by atoms with E-state index in [9.17, 15) is 9.59 Å². The number of hydrogen-bond acceptors (Lipinski definition) is 4. The Morgan fingerprint density at radius 2 is 2.15 bits per heavy atom. The van der Waals surface area contributed by atoms with Gasteiger partial charge in [0.1, 0.15) is 11.6 Å². The lowest BCUT2D eigenvalue weighted by molar-refractivity contribution is -0.132. The van der Waals surface area contributed by atoms with Gasteiger partial charge >= 0.3 is 5.97 Å². The van der Waals surface area contributed by atoms with Crippen LogP contribution in [-0.2, 0) is 4.79 Å². The van der Waals surface area contributed by atoms with Crippen molar-refractivity contribution >= 4 is 22.9 Å². The van der Waals surface area contributed by atoms with E-state index < -0.39 is 12.0 Å². The first-order valence-corrected chi connectivity index (χ1v) is 6.29. The number of benzene rings is 1. The summed E-state index contributed by atoms with van der Waals surface area (Å²) < 4.78 is 1.45. The van der Waals surface area contributed by atoms with Gasteiger partial charge in [-0.1, -0.05) is 11.3 Å². The molecule has 0 saturated heterocycles. The predicted molar refractivity (Wildman–Crippen MR) is 72.5 cm³/mol. The van der Waals surface area contributed by atoms with Gasteiger partial charge in [0.15, 0.2) is 0 Å². The van der Waals surface area contributed by atoms with E-state index in [1.165, 1.54) is 10.7 Å². The van der Waals surface area contributed by atoms with Gasteiger partial charge in [-0.25, -0.2) is 9.48 Å². The molecule has 0 spiro atoms. The number of hydrogen-bond donors (Lipinski definition) is 1. The van der Waals surface area contributed by atoms with Crippen molar-refractivity contribution < 1.29 is 14.7 Å². The van der Waals surface area contributed by atoms with E-state index in [0.29, 0.717) is 17.6 Å². The molecule has 0 radical (unpaired) electrons. The maximum Gasteiger partial charge on any atom is 0.338 e. The van der Waals surface area contributed by atoms with Crippen molar-refractivity contribution in [1.29, 1.82) is 0 Å². The Hall–Kier alpha value is -2.44. The number of amides is 1. The van der Waals surface area contributed by atoms with Crippen LogP contribution < -0.4 is 0 Å². The number of nitrogens with zero attached hydrogens (tertiary/aromatic N) is 4. The molecule has 0 saturated carbocycles. The largest absolute Gasteiger partial charge is 0.478 e. The van der Waals surface area contributed by atoms with Gasteiger partial charge in [-0.2, -0.15) is 0 Å². The highest BCUT2D eigenvalue weighted by molar-refractivity contribution is 6.00. The van der Waals surface area contributed by atoms with Gasteiger partial charge in [0.2, 0.25) is 5.91 Å². The third-order valence-electron chi connectivity index (χ3n) is 3.31. The molecule has 1 unspecified atom stereocenters. The molecular weight excluding hydrogens is 260 g/mol. The lowest BCUT2D eigenvalue weighted by atomic mass is 10.2. The Morgan fingerprint density at radius 3 is 2.75 bits per heavy atom. The fourth-order valence-electron chi connectivity index (χ4n) is 2.00. The molecule has 106 valence electrons. The standard InChI is InChI=1S/C13H16N4O3/c1-4-16(3)12(18)8(2)17-10-7-5-6-9(13(19)20)11(10)14-15-17/h5-8H,4H2,1-3H3,(H,19,20). The number of rotatable bonds is 4. The number of carboxylic acids is 1. The highest BCUT2D eigenvalue weighted by atomic mass is 16.4. The van der Waals surface area contributed by atoms with Crippen LogP contribution in [0.2, 0.25) is 0 Å². The van der Waals surface area contributed by atoms with Crippen LogP contribution in [0.25, 0.3) is 11.0 Å². The summed E-state index contributed by atoms with van der Waals surface area (Å²) in [6.45, 7) is 4.19. The number of carboxylic acid groups (broad SMARTS) is 1. The SMILES string of the molecule is CCN(C)C(=O)C(C)n1nnc2c(C(=O)O)cccc21. The van der Waals surface area contributed by atoms with Crippen LogP contribution in [0.5, 0.6) is 0 Å². The summed E-state index contributed by atoms with van der Waals surface area (Å²) in [7, 11) is 1.71. The summed E-state index contributed by atoms with van der Waals surface area (Å²) in [5.74, 6) is -1.16. The van der Waals surface area contributed by atoms with E-state index in [1.807, 2.05) is 6.92 Å². The number of carbonyl (C=O) groups excluding carboxylic acids is 1. The Morgan fingerprint density at radius 1 is 1.45 bits per heavy atom. The lowest BCUT2D eigenvalue weighted by Crippen LogP contribution is -2.33. The lowest BCUT2D eigenvalue weighted by Gasteiger charge is -2.19. The Bertz CT molecular complexity index is 665. The molecule has 1 atom stereocenters. The highest BCUT2D eigenvalue weighted by Gasteiger charge is 2.23. The van der Waals surface area contributed by atoms with Crippen molar-refractivity contribution in [3.05, 3.63) is 23.8 Å². The second-order valence-corrected chi connectivity index (χ2v) is 4.54. The number of carbonyl (C=O) groups is 2. The minimum atomic E-state index is -1.06. The van der Waals surface area contributed by atoms with Gasteiger partial charge in [-0.15, -0.1) is 5.10 Å². The normalized spacial score (nSPS) is 12.3. The second-order valence-electron chi connectivity index (χ2n) is 4.54. The maximum absolute atomic E-state index is 12.2. The smallest absolute Gasteiger partial charge is 0.338 e. The van der Waals surface area contributed by atoms with Gasteiger partial charge in [0.05, 0.1) is 11.1 Å². The van der Waals surface area contributed by atoms with E-state index in [1.54, 1.807) is 31.0 Å². The van der Waals surface area contributed by atoms with Crippen LogP contribution in [0.3, 0.4) is 0 Å². The topological polar surface area (TPSA) is 88.3 Å². The molecule has 2 aromatic rings. The van der Waals surface area contributed by atoms with Crippen LogP contribution >= 0.6 is 0 Å². The van der Waals surface area contributed by atoms with Crippen molar-refractivity contribution in [3.8, 4) is 0 Å². The van der Waals surface area contributed by atoms with Gasteiger partial charge in [0.25, 0.3) is 0 Å². The first-order chi connectivity index (χ1) is 9.47. The molecule has 1 heterocycles. The molecular formula is C13H16N4O3. The molecule has 1 N–H and O–H groups in total. The minimum Gasteiger partial charge on any atom is -0.478 e. The third kappa shape index (κ3) is 2.22. The summed E-state index contributed by atoms with van der Waals surface area (Å²) >= 11 is 0. The zero-order valence-corrected chi connectivity index (χ0v) is 11.6. The van der Waals surface area contributed by atoms with E-state index in [2.05, 4.69) is 10.3 Å². The number of fused-ring (bicyclic) bond motifs is 1. The monoisotopic (exact) mass is 276 g/mol. The van der Waals surface area contributed by atoms with Gasteiger partial charge in [0, 0.05) is 13.6 Å². The molecule has 2 rings (SSSR count). The zero-order valence-electron chi connectivity index (χ0n) is 11.6. The average molecular weight is 276 g/mol. The summed E-state index contributed by atoms with van der Waals surface area (Å²) in [4.78, 5) is 24.9. The molecule has 0 aliphatic carbocycles. The van der Waals surface area contributed by atoms with E-state index in [-0.39, 0.29) is 11.5 Å². The Labute approximate surface area is 115 Å². The quantitative estimate of drug-likeness (QED) is 0.905. The first kappa shape index (κ1) is 14.0. The van der Waals surface area contributed by atoms with Crippen LogP contribution in [-0.4, -0.2) is 50.5 Å².